The van der Waals surface area contributed by atoms with E-state index in [2.05, 4.69) is 28.1 Å². The molecule has 3 amide bonds. The van der Waals surface area contributed by atoms with Gasteiger partial charge in [0.2, 0.25) is 11.8 Å². The number of hydrogen-bond donors (Lipinski definition) is 1. The number of carbonyl (C=O) groups excluding carboxylic acids is 2. The highest BCUT2D eigenvalue weighted by molar-refractivity contribution is 7.99. The first-order chi connectivity index (χ1) is 20.4. The molecule has 0 bridgehead atoms. The maximum atomic E-state index is 13.5. The van der Waals surface area contributed by atoms with Crippen LogP contribution in [0.1, 0.15) is 67.2 Å². The summed E-state index contributed by atoms with van der Waals surface area (Å²) in [6, 6.07) is 5.79. The highest BCUT2D eigenvalue weighted by atomic mass is 32.2. The Hall–Kier alpha value is -3.36. The Bertz CT molecular complexity index is 1320. The number of carbonyl (C=O) groups is 2. The lowest BCUT2D eigenvalue weighted by molar-refractivity contribution is -0.136. The van der Waals surface area contributed by atoms with Gasteiger partial charge in [0.25, 0.3) is 0 Å². The maximum absolute atomic E-state index is 13.5. The van der Waals surface area contributed by atoms with Crippen LogP contribution in [0.15, 0.2) is 18.3 Å². The van der Waals surface area contributed by atoms with Crippen LogP contribution in [0.4, 0.5) is 16.4 Å². The number of methoxy groups -OCH3 is 1. The molecule has 0 unspecified atom stereocenters. The lowest BCUT2D eigenvalue weighted by atomic mass is 10.0. The summed E-state index contributed by atoms with van der Waals surface area (Å²) < 4.78 is 5.62. The molecule has 2 aromatic rings. The van der Waals surface area contributed by atoms with Crippen molar-refractivity contribution in [3.63, 3.8) is 0 Å². The van der Waals surface area contributed by atoms with Gasteiger partial charge in [0.15, 0.2) is 0 Å². The third kappa shape index (κ3) is 7.34. The Morgan fingerprint density at radius 2 is 2.00 bits per heavy atom. The SMILES string of the molecule is COc1nc2c(cc1CN1CCN(C)CC1=O)CCCN2C(=O)Nc1cc(CCCSC2CCCCC2)c(C#N)cn1. The van der Waals surface area contributed by atoms with E-state index in [0.717, 1.165) is 59.9 Å². The second-order valence-electron chi connectivity index (χ2n) is 11.5. The molecule has 5 rings (SSSR count). The molecular weight excluding hydrogens is 550 g/mol. The highest BCUT2D eigenvalue weighted by Crippen LogP contribution is 2.32. The standard InChI is InChI=1S/C31H41N7O3S/c1-36-13-14-37(28(39)21-36)20-24-16-23-8-6-12-38(29(23)35-30(24)41-2)31(40)34-27-17-22(25(18-32)19-33-27)9-7-15-42-26-10-4-3-5-11-26/h16-17,19,26H,3-15,20-21H2,1-2H3,(H,33,34,40). The van der Waals surface area contributed by atoms with E-state index < -0.39 is 0 Å². The molecule has 1 N–H and O–H groups in total. The number of likely N-dealkylation sites (N-methyl/N-ethyl adjacent to an activating group) is 1. The van der Waals surface area contributed by atoms with Gasteiger partial charge in [0.1, 0.15) is 17.7 Å². The number of rotatable bonds is 9. The molecule has 2 aromatic heterocycles. The third-order valence-corrected chi connectivity index (χ3v) is 9.82. The van der Waals surface area contributed by atoms with E-state index in [0.29, 0.717) is 49.3 Å². The number of amides is 3. The van der Waals surface area contributed by atoms with Crippen molar-refractivity contribution in [2.24, 2.45) is 0 Å². The topological polar surface area (TPSA) is 115 Å². The fourth-order valence-electron chi connectivity index (χ4n) is 6.01. The number of urea groups is 1. The van der Waals surface area contributed by atoms with E-state index >= 15 is 0 Å². The minimum absolute atomic E-state index is 0.0850. The molecule has 0 radical (unpaired) electrons. The van der Waals surface area contributed by atoms with Crippen LogP contribution in [0.5, 0.6) is 5.88 Å². The lowest BCUT2D eigenvalue weighted by Crippen LogP contribution is -2.48. The van der Waals surface area contributed by atoms with Gasteiger partial charge in [0.05, 0.1) is 25.8 Å². The molecule has 11 heteroatoms. The van der Waals surface area contributed by atoms with Crippen molar-refractivity contribution in [1.82, 2.24) is 19.8 Å². The van der Waals surface area contributed by atoms with Crippen molar-refractivity contribution < 1.29 is 14.3 Å². The maximum Gasteiger partial charge on any atom is 0.328 e. The van der Waals surface area contributed by atoms with Gasteiger partial charge in [-0.1, -0.05) is 19.3 Å². The Balaban J connectivity index is 1.25. The molecule has 3 aliphatic rings. The largest absolute Gasteiger partial charge is 0.481 e. The molecule has 1 saturated heterocycles. The van der Waals surface area contributed by atoms with Gasteiger partial charge in [0, 0.05) is 36.6 Å². The van der Waals surface area contributed by atoms with Crippen molar-refractivity contribution in [3.8, 4) is 11.9 Å². The van der Waals surface area contributed by atoms with Crippen molar-refractivity contribution in [1.29, 1.82) is 5.26 Å². The average molecular weight is 592 g/mol. The summed E-state index contributed by atoms with van der Waals surface area (Å²) in [5, 5.41) is 13.3. The van der Waals surface area contributed by atoms with E-state index in [1.54, 1.807) is 18.2 Å². The summed E-state index contributed by atoms with van der Waals surface area (Å²) in [5.41, 5.74) is 3.26. The predicted molar refractivity (Wildman–Crippen MR) is 165 cm³/mol. The van der Waals surface area contributed by atoms with Gasteiger partial charge < -0.3 is 9.64 Å². The predicted octanol–water partition coefficient (Wildman–Crippen LogP) is 4.61. The van der Waals surface area contributed by atoms with Crippen LogP contribution >= 0.6 is 11.8 Å². The highest BCUT2D eigenvalue weighted by Gasteiger charge is 2.29. The summed E-state index contributed by atoms with van der Waals surface area (Å²) in [7, 11) is 3.51. The van der Waals surface area contributed by atoms with Crippen LogP contribution in [0.25, 0.3) is 0 Å². The molecule has 2 fully saturated rings. The number of nitriles is 1. The minimum Gasteiger partial charge on any atom is -0.481 e. The Morgan fingerprint density at radius 3 is 2.76 bits per heavy atom. The monoisotopic (exact) mass is 591 g/mol. The van der Waals surface area contributed by atoms with E-state index in [1.807, 2.05) is 29.0 Å². The number of ether oxygens (including phenoxy) is 1. The first kappa shape index (κ1) is 30.1. The molecular formula is C31H41N7O3S. The van der Waals surface area contributed by atoms with Crippen molar-refractivity contribution in [2.75, 3.05) is 56.3 Å². The molecule has 0 spiro atoms. The second kappa shape index (κ2) is 14.2. The molecule has 224 valence electrons. The Labute approximate surface area is 252 Å². The minimum atomic E-state index is -0.316. The van der Waals surface area contributed by atoms with Crippen LogP contribution in [0.3, 0.4) is 0 Å². The fraction of sp³-hybridized carbons (Fsp3) is 0.581. The first-order valence-corrected chi connectivity index (χ1v) is 16.1. The van der Waals surface area contributed by atoms with E-state index in [1.165, 1.54) is 32.1 Å². The number of nitrogens with zero attached hydrogens (tertiary/aromatic N) is 6. The van der Waals surface area contributed by atoms with E-state index in [9.17, 15) is 14.9 Å². The van der Waals surface area contributed by atoms with Gasteiger partial charge in [-0.25, -0.2) is 9.78 Å². The van der Waals surface area contributed by atoms with Gasteiger partial charge in [-0.15, -0.1) is 0 Å². The zero-order valence-electron chi connectivity index (χ0n) is 24.7. The Morgan fingerprint density at radius 1 is 1.17 bits per heavy atom. The smallest absolute Gasteiger partial charge is 0.328 e. The number of nitrogens with one attached hydrogen (secondary N) is 1. The summed E-state index contributed by atoms with van der Waals surface area (Å²) >= 11 is 2.06. The number of pyridine rings is 2. The second-order valence-corrected chi connectivity index (χ2v) is 12.9. The third-order valence-electron chi connectivity index (χ3n) is 8.35. The Kier molecular flexibility index (Phi) is 10.2. The fourth-order valence-corrected chi connectivity index (χ4v) is 7.32. The molecule has 0 aromatic carbocycles. The van der Waals surface area contributed by atoms with E-state index in [4.69, 9.17) is 9.72 Å². The molecule has 0 atom stereocenters. The van der Waals surface area contributed by atoms with Gasteiger partial charge >= 0.3 is 6.03 Å². The van der Waals surface area contributed by atoms with Crippen LogP contribution in [-0.2, 0) is 24.2 Å². The summed E-state index contributed by atoms with van der Waals surface area (Å²) in [5.74, 6) is 2.57. The number of piperazine rings is 1. The molecule has 10 nitrogen and oxygen atoms in total. The van der Waals surface area contributed by atoms with Crippen LogP contribution < -0.4 is 15.0 Å². The van der Waals surface area contributed by atoms with E-state index in [-0.39, 0.29) is 11.9 Å². The number of hydrogen-bond acceptors (Lipinski definition) is 8. The summed E-state index contributed by atoms with van der Waals surface area (Å²) in [6.45, 7) is 2.83. The number of aryl methyl sites for hydroxylation is 2. The quantitative estimate of drug-likeness (QED) is 0.421. The van der Waals surface area contributed by atoms with Crippen molar-refractivity contribution in [2.45, 2.75) is 69.6 Å². The first-order valence-electron chi connectivity index (χ1n) is 15.1. The number of anilines is 2. The van der Waals surface area contributed by atoms with Crippen LogP contribution in [-0.4, -0.2) is 83.0 Å². The number of thioether (sulfide) groups is 1. The van der Waals surface area contributed by atoms with Gasteiger partial charge in [-0.05, 0) is 74.6 Å². The van der Waals surface area contributed by atoms with Crippen LogP contribution in [0, 0.1) is 11.3 Å². The van der Waals surface area contributed by atoms with Gasteiger partial charge in [-0.2, -0.15) is 22.0 Å². The van der Waals surface area contributed by atoms with Gasteiger partial charge in [-0.3, -0.25) is 19.9 Å². The summed E-state index contributed by atoms with van der Waals surface area (Å²) in [6.07, 6.45) is 11.6. The molecule has 1 saturated carbocycles. The number of fused-ring (bicyclic) bond motifs is 1. The zero-order chi connectivity index (χ0) is 29.5. The number of aromatic nitrogens is 2. The normalized spacial score (nSPS) is 18.0. The molecule has 42 heavy (non-hydrogen) atoms. The lowest BCUT2D eigenvalue weighted by Gasteiger charge is -2.33. The molecule has 1 aliphatic carbocycles. The average Bonchev–Trinajstić information content (AvgIpc) is 3.00. The summed E-state index contributed by atoms with van der Waals surface area (Å²) in [4.78, 5) is 40.6. The van der Waals surface area contributed by atoms with Crippen molar-refractivity contribution >= 4 is 35.3 Å². The molecule has 2 aliphatic heterocycles. The zero-order valence-corrected chi connectivity index (χ0v) is 25.5. The van der Waals surface area contributed by atoms with Crippen molar-refractivity contribution in [3.05, 3.63) is 40.6 Å². The molecule has 4 heterocycles. The van der Waals surface area contributed by atoms with Crippen LogP contribution in [0.2, 0.25) is 0 Å².